The van der Waals surface area contributed by atoms with Crippen LogP contribution in [-0.2, 0) is 13.6 Å². The summed E-state index contributed by atoms with van der Waals surface area (Å²) in [5.41, 5.74) is 1.05. The lowest BCUT2D eigenvalue weighted by molar-refractivity contribution is 0.147. The molecule has 114 valence electrons. The minimum Gasteiger partial charge on any atom is -0.337 e. The van der Waals surface area contributed by atoms with Gasteiger partial charge in [-0.1, -0.05) is 11.3 Å². The standard InChI is InChI=1S/C14H21N5OS/c1-11-10-21-14(20)19(11)8-7-18-6-3-15-9-12(18)13-16-4-5-17(13)2/h4-5,10,12,15H,3,6-9H2,1-2H3. The minimum atomic E-state index is 0.135. The van der Waals surface area contributed by atoms with Crippen molar-refractivity contribution in [2.75, 3.05) is 26.2 Å². The number of hydrogen-bond donors (Lipinski definition) is 1. The molecule has 0 saturated carbocycles. The minimum absolute atomic E-state index is 0.135. The van der Waals surface area contributed by atoms with Crippen LogP contribution in [0.4, 0.5) is 0 Å². The van der Waals surface area contributed by atoms with Crippen molar-refractivity contribution in [1.29, 1.82) is 0 Å². The van der Waals surface area contributed by atoms with Crippen LogP contribution in [-0.4, -0.2) is 45.2 Å². The van der Waals surface area contributed by atoms with Crippen LogP contribution < -0.4 is 10.2 Å². The fourth-order valence-electron chi connectivity index (χ4n) is 2.87. The van der Waals surface area contributed by atoms with Gasteiger partial charge in [0.1, 0.15) is 5.82 Å². The Morgan fingerprint density at radius 1 is 1.48 bits per heavy atom. The second-order valence-electron chi connectivity index (χ2n) is 5.45. The second-order valence-corrected chi connectivity index (χ2v) is 6.27. The summed E-state index contributed by atoms with van der Waals surface area (Å²) in [5.74, 6) is 1.08. The molecule has 1 fully saturated rings. The van der Waals surface area contributed by atoms with Gasteiger partial charge in [-0.3, -0.25) is 9.69 Å². The van der Waals surface area contributed by atoms with Crippen molar-refractivity contribution in [3.05, 3.63) is 39.0 Å². The van der Waals surface area contributed by atoms with E-state index in [0.717, 1.165) is 44.2 Å². The average molecular weight is 307 g/mol. The van der Waals surface area contributed by atoms with Gasteiger partial charge in [-0.15, -0.1) is 0 Å². The lowest BCUT2D eigenvalue weighted by Crippen LogP contribution is -2.48. The van der Waals surface area contributed by atoms with E-state index in [-0.39, 0.29) is 10.9 Å². The van der Waals surface area contributed by atoms with Gasteiger partial charge < -0.3 is 14.5 Å². The Morgan fingerprint density at radius 2 is 2.33 bits per heavy atom. The van der Waals surface area contributed by atoms with Crippen molar-refractivity contribution < 1.29 is 0 Å². The number of imidazole rings is 1. The topological polar surface area (TPSA) is 55.1 Å². The predicted molar refractivity (Wildman–Crippen MR) is 83.7 cm³/mol. The molecule has 7 heteroatoms. The highest BCUT2D eigenvalue weighted by atomic mass is 32.1. The normalized spacial score (nSPS) is 20.0. The summed E-state index contributed by atoms with van der Waals surface area (Å²) in [6.07, 6.45) is 3.82. The number of nitrogens with one attached hydrogen (secondary N) is 1. The number of aromatic nitrogens is 3. The van der Waals surface area contributed by atoms with Gasteiger partial charge in [0, 0.05) is 63.2 Å². The third kappa shape index (κ3) is 2.95. The molecule has 0 aromatic carbocycles. The fraction of sp³-hybridized carbons (Fsp3) is 0.571. The summed E-state index contributed by atoms with van der Waals surface area (Å²) in [6.45, 7) is 6.48. The molecular weight excluding hydrogens is 286 g/mol. The molecule has 0 bridgehead atoms. The highest BCUT2D eigenvalue weighted by Crippen LogP contribution is 2.20. The molecule has 2 aromatic heterocycles. The molecule has 1 atom stereocenters. The van der Waals surface area contributed by atoms with Crippen molar-refractivity contribution >= 4 is 11.3 Å². The van der Waals surface area contributed by atoms with Gasteiger partial charge in [0.2, 0.25) is 0 Å². The molecule has 0 amide bonds. The van der Waals surface area contributed by atoms with Gasteiger partial charge >= 0.3 is 4.87 Å². The van der Waals surface area contributed by atoms with E-state index in [1.165, 1.54) is 11.3 Å². The Balaban J connectivity index is 1.73. The van der Waals surface area contributed by atoms with Gasteiger partial charge in [-0.25, -0.2) is 4.98 Å². The molecule has 1 saturated heterocycles. The Bertz CT molecular complexity index is 658. The first-order valence-corrected chi connectivity index (χ1v) is 8.11. The number of thiazole rings is 1. The van der Waals surface area contributed by atoms with E-state index in [1.807, 2.05) is 36.3 Å². The Kier molecular flexibility index (Phi) is 4.23. The maximum atomic E-state index is 11.8. The second kappa shape index (κ2) is 6.13. The third-order valence-corrected chi connectivity index (χ3v) is 4.98. The first kappa shape index (κ1) is 14.5. The van der Waals surface area contributed by atoms with Gasteiger partial charge in [0.25, 0.3) is 0 Å². The molecule has 21 heavy (non-hydrogen) atoms. The Hall–Kier alpha value is -1.44. The summed E-state index contributed by atoms with van der Waals surface area (Å²) in [6, 6.07) is 0.272. The van der Waals surface area contributed by atoms with Crippen molar-refractivity contribution in [2.24, 2.45) is 7.05 Å². The third-order valence-electron chi connectivity index (χ3n) is 4.10. The summed E-state index contributed by atoms with van der Waals surface area (Å²) in [4.78, 5) is 18.9. The largest absolute Gasteiger partial charge is 0.337 e. The number of nitrogens with zero attached hydrogens (tertiary/aromatic N) is 4. The van der Waals surface area contributed by atoms with Crippen LogP contribution in [0, 0.1) is 6.92 Å². The Labute approximate surface area is 128 Å². The van der Waals surface area contributed by atoms with Crippen molar-refractivity contribution in [3.63, 3.8) is 0 Å². The molecule has 0 aliphatic carbocycles. The van der Waals surface area contributed by atoms with E-state index in [2.05, 4.69) is 19.8 Å². The number of hydrogen-bond acceptors (Lipinski definition) is 5. The molecule has 1 aliphatic heterocycles. The van der Waals surface area contributed by atoms with Crippen LogP contribution in [0.25, 0.3) is 0 Å². The smallest absolute Gasteiger partial charge is 0.307 e. The van der Waals surface area contributed by atoms with E-state index < -0.39 is 0 Å². The molecule has 1 aliphatic rings. The van der Waals surface area contributed by atoms with Crippen LogP contribution in [0.15, 0.2) is 22.6 Å². The van der Waals surface area contributed by atoms with E-state index >= 15 is 0 Å². The van der Waals surface area contributed by atoms with E-state index in [4.69, 9.17) is 0 Å². The van der Waals surface area contributed by atoms with Crippen LogP contribution in [0.1, 0.15) is 17.6 Å². The Morgan fingerprint density at radius 3 is 3.00 bits per heavy atom. The molecular formula is C14H21N5OS. The predicted octanol–water partition coefficient (Wildman–Crippen LogP) is 0.598. The number of rotatable bonds is 4. The van der Waals surface area contributed by atoms with Crippen LogP contribution in [0.5, 0.6) is 0 Å². The quantitative estimate of drug-likeness (QED) is 0.899. The fourth-order valence-corrected chi connectivity index (χ4v) is 3.63. The first-order chi connectivity index (χ1) is 10.2. The monoisotopic (exact) mass is 307 g/mol. The number of aryl methyl sites for hydroxylation is 2. The van der Waals surface area contributed by atoms with E-state index in [9.17, 15) is 4.79 Å². The van der Waals surface area contributed by atoms with Gasteiger partial charge in [0.15, 0.2) is 0 Å². The molecule has 3 heterocycles. The van der Waals surface area contributed by atoms with E-state index in [0.29, 0.717) is 0 Å². The van der Waals surface area contributed by atoms with Crippen LogP contribution in [0.3, 0.4) is 0 Å². The molecule has 0 radical (unpaired) electrons. The molecule has 3 rings (SSSR count). The summed E-state index contributed by atoms with van der Waals surface area (Å²) >= 11 is 1.28. The zero-order valence-corrected chi connectivity index (χ0v) is 13.3. The van der Waals surface area contributed by atoms with Crippen LogP contribution >= 0.6 is 11.3 Å². The zero-order valence-electron chi connectivity index (χ0n) is 12.5. The summed E-state index contributed by atoms with van der Waals surface area (Å²) in [5, 5.41) is 5.36. The lowest BCUT2D eigenvalue weighted by atomic mass is 10.1. The van der Waals surface area contributed by atoms with Crippen LogP contribution in [0.2, 0.25) is 0 Å². The van der Waals surface area contributed by atoms with Crippen molar-refractivity contribution in [1.82, 2.24) is 24.3 Å². The lowest BCUT2D eigenvalue weighted by Gasteiger charge is -2.35. The molecule has 1 N–H and O–H groups in total. The van der Waals surface area contributed by atoms with E-state index in [1.54, 1.807) is 0 Å². The maximum Gasteiger partial charge on any atom is 0.307 e. The summed E-state index contributed by atoms with van der Waals surface area (Å²) < 4.78 is 3.94. The maximum absolute atomic E-state index is 11.8. The first-order valence-electron chi connectivity index (χ1n) is 7.23. The highest BCUT2D eigenvalue weighted by Gasteiger charge is 2.26. The van der Waals surface area contributed by atoms with Crippen molar-refractivity contribution in [3.8, 4) is 0 Å². The summed E-state index contributed by atoms with van der Waals surface area (Å²) in [7, 11) is 2.03. The van der Waals surface area contributed by atoms with Gasteiger partial charge in [-0.05, 0) is 6.92 Å². The highest BCUT2D eigenvalue weighted by molar-refractivity contribution is 7.07. The zero-order chi connectivity index (χ0) is 14.8. The number of piperazine rings is 1. The van der Waals surface area contributed by atoms with Crippen molar-refractivity contribution in [2.45, 2.75) is 19.5 Å². The SMILES string of the molecule is Cc1csc(=O)n1CCN1CCNCC1c1nccn1C. The molecule has 6 nitrogen and oxygen atoms in total. The average Bonchev–Trinajstić information content (AvgIpc) is 3.04. The van der Waals surface area contributed by atoms with Gasteiger partial charge in [0.05, 0.1) is 6.04 Å². The molecule has 1 unspecified atom stereocenters. The van der Waals surface area contributed by atoms with Gasteiger partial charge in [-0.2, -0.15) is 0 Å². The molecule has 2 aromatic rings. The molecule has 0 spiro atoms.